The van der Waals surface area contributed by atoms with Crippen LogP contribution in [0.5, 0.6) is 0 Å². The maximum atomic E-state index is 13.5. The van der Waals surface area contributed by atoms with Gasteiger partial charge in [0.15, 0.2) is 19.7 Å². The molecule has 4 unspecified atom stereocenters. The van der Waals surface area contributed by atoms with E-state index in [-0.39, 0.29) is 121 Å². The van der Waals surface area contributed by atoms with E-state index in [4.69, 9.17) is 38.3 Å². The van der Waals surface area contributed by atoms with Gasteiger partial charge in [0.2, 0.25) is 0 Å². The Balaban J connectivity index is 0.000000284. The fraction of sp³-hybridized carbons (Fsp3) is 0.741. The monoisotopic (exact) mass is 1390 g/mol. The van der Waals surface area contributed by atoms with Crippen LogP contribution < -0.4 is 0 Å². The smallest absolute Gasteiger partial charge is 0.311 e. The Hall–Kier alpha value is -3.55. The van der Waals surface area contributed by atoms with Crippen LogP contribution in [0.1, 0.15) is 218 Å². The van der Waals surface area contributed by atoms with E-state index < -0.39 is 31.2 Å². The van der Waals surface area contributed by atoms with E-state index in [2.05, 4.69) is 95.6 Å². The first kappa shape index (κ1) is 82.4. The lowest BCUT2D eigenvalue weighted by Crippen LogP contribution is -2.38. The lowest BCUT2D eigenvalue weighted by molar-refractivity contribution is -0.153. The molecule has 0 radical (unpaired) electrons. The van der Waals surface area contributed by atoms with Crippen LogP contribution >= 0.6 is 0 Å². The van der Waals surface area contributed by atoms with Gasteiger partial charge in [-0.05, 0) is 219 Å². The molecule has 550 valence electrons. The summed E-state index contributed by atoms with van der Waals surface area (Å²) in [5, 5.41) is 20.2. The summed E-state index contributed by atoms with van der Waals surface area (Å²) >= 11 is 0. The van der Waals surface area contributed by atoms with Crippen molar-refractivity contribution in [1.82, 2.24) is 0 Å². The fourth-order valence-corrected chi connectivity index (χ4v) is 18.7. The molecule has 0 saturated carbocycles. The second-order valence-electron chi connectivity index (χ2n) is 31.4. The minimum Gasteiger partial charge on any atom is -0.465 e. The normalized spacial score (nSPS) is 30.8. The molecule has 2 aromatic carbocycles. The van der Waals surface area contributed by atoms with E-state index >= 15 is 0 Å². The van der Waals surface area contributed by atoms with Crippen molar-refractivity contribution in [3.8, 4) is 0 Å². The van der Waals surface area contributed by atoms with Crippen LogP contribution in [0.4, 0.5) is 0 Å². The van der Waals surface area contributed by atoms with Crippen molar-refractivity contribution in [2.24, 2.45) is 58.7 Å². The highest BCUT2D eigenvalue weighted by molar-refractivity contribution is 7.91. The van der Waals surface area contributed by atoms with E-state index in [9.17, 15) is 26.7 Å². The van der Waals surface area contributed by atoms with E-state index in [0.29, 0.717) is 72.4 Å². The summed E-state index contributed by atoms with van der Waals surface area (Å²) < 4.78 is 97.2. The number of esters is 1. The van der Waals surface area contributed by atoms with Gasteiger partial charge in [0, 0.05) is 31.5 Å². The Morgan fingerprint density at radius 1 is 0.639 bits per heavy atom. The molecular weight excluding hydrogens is 1260 g/mol. The highest BCUT2D eigenvalue weighted by atomic mass is 32.2. The first-order valence-corrected chi connectivity index (χ1v) is 40.8. The highest BCUT2D eigenvalue weighted by Gasteiger charge is 2.48. The summed E-state index contributed by atoms with van der Waals surface area (Å²) in [4.78, 5) is 12.7. The Morgan fingerprint density at radius 3 is 1.63 bits per heavy atom. The Bertz CT molecular complexity index is 2960. The minimum atomic E-state index is -3.46. The standard InChI is InChI=1S/C41H66O7S.C35H54O6S.C5H10O/c1-11-27(2)22-38-32(7)36(26-49(44,45)35-17-13-12-14-18-35)39(48-38)25-29(4)31(6)28(3)23-33(42)19-20-37-30(5)24-34(47-37)16-15-21-46-40(43)41(8,9)10;1-7-23(2)18-33-27(6)31(22-42(37,38)30-13-9-8-10-14-30)35(41-33)21-34-26(5)24(3)19-29(40-34)15-16-32-25(4)20-28(39-32)12-11-17-36;1-5-3-2-4-6-5/h12-14,17-18,27-29,32-34,36-39,42H,5-6,11,15-16,19-26H2,1-4,7-10H3;8-10,13-14,23-24,27-29,31-36H,4-5,7,11-12,15-22H2,1-3,6H3;5H,2-4H2,1H3/t27-,28-,29-,32-,33-,34+,36-,37?,38-,39+;23-,24-,27-,28+,29+,31-,32?,33-,34?,35+;/m11./s1. The van der Waals surface area contributed by atoms with Gasteiger partial charge < -0.3 is 43.4 Å². The molecule has 2 aromatic rings. The predicted octanol–water partition coefficient (Wildman–Crippen LogP) is 16.9. The highest BCUT2D eigenvalue weighted by Crippen LogP contribution is 2.45. The Morgan fingerprint density at radius 2 is 1.14 bits per heavy atom. The first-order chi connectivity index (χ1) is 45.8. The van der Waals surface area contributed by atoms with Crippen molar-refractivity contribution in [2.45, 2.75) is 301 Å². The Labute approximate surface area is 588 Å². The molecule has 14 nitrogen and oxygen atoms in total. The molecule has 0 bridgehead atoms. The second-order valence-corrected chi connectivity index (χ2v) is 35.5. The van der Waals surface area contributed by atoms with Crippen molar-refractivity contribution >= 4 is 25.6 Å². The molecule has 0 aromatic heterocycles. The van der Waals surface area contributed by atoms with Crippen LogP contribution in [-0.4, -0.2) is 138 Å². The molecule has 21 atom stereocenters. The van der Waals surface area contributed by atoms with E-state index in [1.165, 1.54) is 12.8 Å². The molecule has 6 heterocycles. The summed E-state index contributed by atoms with van der Waals surface area (Å²) in [6.45, 7) is 46.3. The molecule has 6 fully saturated rings. The molecule has 8 rings (SSSR count). The topological polar surface area (TPSA) is 190 Å². The fourth-order valence-electron chi connectivity index (χ4n) is 15.1. The first-order valence-electron chi connectivity index (χ1n) is 37.5. The number of carbonyl (C=O) groups excluding carboxylic acids is 1. The van der Waals surface area contributed by atoms with Crippen LogP contribution in [0.2, 0.25) is 0 Å². The van der Waals surface area contributed by atoms with Crippen molar-refractivity contribution < 1.29 is 65.0 Å². The van der Waals surface area contributed by atoms with Gasteiger partial charge in [-0.25, -0.2) is 16.8 Å². The van der Waals surface area contributed by atoms with Gasteiger partial charge in [-0.2, -0.15) is 0 Å². The van der Waals surface area contributed by atoms with Crippen LogP contribution in [-0.2, 0) is 57.6 Å². The van der Waals surface area contributed by atoms with Crippen LogP contribution in [0.15, 0.2) is 119 Å². The van der Waals surface area contributed by atoms with Gasteiger partial charge in [0.1, 0.15) is 0 Å². The van der Waals surface area contributed by atoms with Gasteiger partial charge in [-0.15, -0.1) is 0 Å². The van der Waals surface area contributed by atoms with E-state index in [1.54, 1.807) is 48.5 Å². The van der Waals surface area contributed by atoms with Crippen LogP contribution in [0.3, 0.4) is 0 Å². The van der Waals surface area contributed by atoms with Crippen LogP contribution in [0.25, 0.3) is 0 Å². The number of allylic oxidation sites excluding steroid dienone is 1. The second kappa shape index (κ2) is 39.2. The number of ether oxygens (including phenoxy) is 7. The number of aliphatic hydroxyl groups is 2. The third-order valence-corrected chi connectivity index (χ3v) is 25.9. The summed E-state index contributed by atoms with van der Waals surface area (Å²) in [5.41, 5.74) is 3.87. The van der Waals surface area contributed by atoms with Crippen molar-refractivity contribution in [1.29, 1.82) is 0 Å². The molecule has 6 aliphatic heterocycles. The molecule has 16 heteroatoms. The third-order valence-electron chi connectivity index (χ3n) is 22.3. The number of hydrogen-bond donors (Lipinski definition) is 2. The average molecular weight is 1390 g/mol. The predicted molar refractivity (Wildman–Crippen MR) is 391 cm³/mol. The van der Waals surface area contributed by atoms with Gasteiger partial charge >= 0.3 is 5.97 Å². The van der Waals surface area contributed by atoms with E-state index in [0.717, 1.165) is 112 Å². The Kier molecular flexibility index (Phi) is 33.3. The minimum absolute atomic E-state index is 0.0359. The zero-order chi connectivity index (χ0) is 71.4. The maximum Gasteiger partial charge on any atom is 0.311 e. The molecular formula is C81H130O14S2. The zero-order valence-electron chi connectivity index (χ0n) is 62.0. The summed E-state index contributed by atoms with van der Waals surface area (Å²) in [6.07, 6.45) is 17.2. The number of carbonyl (C=O) groups is 1. The molecule has 6 aliphatic rings. The lowest BCUT2D eigenvalue weighted by Gasteiger charge is -2.38. The van der Waals surface area contributed by atoms with Crippen LogP contribution in [0, 0.1) is 58.7 Å². The van der Waals surface area contributed by atoms with Gasteiger partial charge in [0.05, 0.1) is 107 Å². The molecule has 6 saturated heterocycles. The number of aliphatic hydroxyl groups excluding tert-OH is 2. The largest absolute Gasteiger partial charge is 0.465 e. The van der Waals surface area contributed by atoms with E-state index in [1.807, 2.05) is 32.9 Å². The molecule has 97 heavy (non-hydrogen) atoms. The summed E-state index contributed by atoms with van der Waals surface area (Å²) in [5.74, 6) is 1.59. The molecule has 2 N–H and O–H groups in total. The number of hydrogen-bond acceptors (Lipinski definition) is 14. The quantitative estimate of drug-likeness (QED) is 0.0390. The van der Waals surface area contributed by atoms with Gasteiger partial charge in [-0.1, -0.05) is 143 Å². The van der Waals surface area contributed by atoms with Gasteiger partial charge in [0.25, 0.3) is 0 Å². The number of rotatable bonds is 33. The molecule has 0 spiro atoms. The summed E-state index contributed by atoms with van der Waals surface area (Å²) in [7, 11) is -6.92. The third kappa shape index (κ3) is 25.4. The zero-order valence-corrected chi connectivity index (χ0v) is 63.6. The van der Waals surface area contributed by atoms with Gasteiger partial charge in [-0.3, -0.25) is 4.79 Å². The van der Waals surface area contributed by atoms with Crippen molar-refractivity contribution in [3.05, 3.63) is 109 Å². The average Bonchev–Trinajstić information content (AvgIpc) is 1.68. The van der Waals surface area contributed by atoms with Crippen molar-refractivity contribution in [2.75, 3.05) is 31.3 Å². The number of sulfone groups is 2. The molecule has 0 amide bonds. The lowest BCUT2D eigenvalue weighted by atomic mass is 9.80. The summed E-state index contributed by atoms with van der Waals surface area (Å²) in [6, 6.07) is 17.6. The van der Waals surface area contributed by atoms with Crippen molar-refractivity contribution in [3.63, 3.8) is 0 Å². The maximum absolute atomic E-state index is 13.5. The molecule has 0 aliphatic carbocycles. The SMILES string of the molecule is C=C1C[C@H](CCCO)OC1CC[C@H]1C[C@@H](C)C(=C)C(C[C@@H]2O[C@H](C[C@H](C)CC)[C@H](C)[C@H]2CS(=O)(=O)c2ccccc2)O1.C=C1C[C@H](CCCOC(=O)C(C)(C)C)OC1CC[C@@H](O)C[C@@H](C)C(=C)[C@H](C)C[C@@H]1O[C@H](C[C@H](C)CC)[C@H](C)[C@H]1CS(=O)(=O)c1ccccc1.CC1CCCO1. The number of benzene rings is 2.